The number of aryl methyl sites for hydroxylation is 1. The molecule has 0 radical (unpaired) electrons. The quantitative estimate of drug-likeness (QED) is 0.468. The molecule has 0 saturated heterocycles. The Hall–Kier alpha value is -2.53. The van der Waals surface area contributed by atoms with Crippen LogP contribution in [0.15, 0.2) is 12.3 Å². The molecule has 2 aromatic heterocycles. The second-order valence-corrected chi connectivity index (χ2v) is 9.87. The van der Waals surface area contributed by atoms with Gasteiger partial charge in [0.2, 0.25) is 27.8 Å². The van der Waals surface area contributed by atoms with Gasteiger partial charge < -0.3 is 15.2 Å². The first-order chi connectivity index (χ1) is 14.5. The number of rotatable bonds is 11. The maximum atomic E-state index is 11.7. The van der Waals surface area contributed by atoms with Gasteiger partial charge in [0, 0.05) is 18.2 Å². The van der Waals surface area contributed by atoms with E-state index in [1.807, 2.05) is 33.8 Å². The highest BCUT2D eigenvalue weighted by Gasteiger charge is 2.17. The molecule has 0 aromatic carbocycles. The van der Waals surface area contributed by atoms with Gasteiger partial charge in [-0.1, -0.05) is 20.8 Å². The number of sulfonamides is 1. The number of nitrogens with one attached hydrogen (secondary N) is 2. The smallest absolute Gasteiger partial charge is 0.241 e. The normalized spacial score (nSPS) is 13.7. The molecule has 3 N–H and O–H groups in total. The van der Waals surface area contributed by atoms with Crippen molar-refractivity contribution in [2.24, 2.45) is 5.92 Å². The molecule has 0 spiro atoms. The van der Waals surface area contributed by atoms with E-state index in [4.69, 9.17) is 4.74 Å². The SMILES string of the molecule is COc1ncc([C@H](C)Cc2nc(N[C@@H](CO)CC(C)C)nc(NS(C)(=O)=O)n2)cc1C. The monoisotopic (exact) mass is 452 g/mol. The van der Waals surface area contributed by atoms with Crippen molar-refractivity contribution in [3.63, 3.8) is 0 Å². The Kier molecular flexibility index (Phi) is 8.52. The fourth-order valence-corrected chi connectivity index (χ4v) is 3.60. The Morgan fingerprint density at radius 1 is 1.16 bits per heavy atom. The van der Waals surface area contributed by atoms with Crippen LogP contribution in [0.5, 0.6) is 5.88 Å². The van der Waals surface area contributed by atoms with Crippen LogP contribution in [-0.4, -0.2) is 59.5 Å². The summed E-state index contributed by atoms with van der Waals surface area (Å²) in [6, 6.07) is 1.74. The Balaban J connectivity index is 2.31. The molecular weight excluding hydrogens is 420 g/mol. The zero-order valence-corrected chi connectivity index (χ0v) is 19.7. The van der Waals surface area contributed by atoms with E-state index < -0.39 is 10.0 Å². The van der Waals surface area contributed by atoms with E-state index in [9.17, 15) is 13.5 Å². The summed E-state index contributed by atoms with van der Waals surface area (Å²) in [5.41, 5.74) is 1.91. The van der Waals surface area contributed by atoms with Crippen LogP contribution >= 0.6 is 0 Å². The number of ether oxygens (including phenoxy) is 1. The highest BCUT2D eigenvalue weighted by Crippen LogP contribution is 2.24. The van der Waals surface area contributed by atoms with Crippen LogP contribution < -0.4 is 14.8 Å². The van der Waals surface area contributed by atoms with E-state index in [0.717, 1.165) is 17.4 Å². The first-order valence-electron chi connectivity index (χ1n) is 10.1. The predicted octanol–water partition coefficient (Wildman–Crippen LogP) is 2.12. The van der Waals surface area contributed by atoms with Crippen molar-refractivity contribution in [3.8, 4) is 5.88 Å². The topological polar surface area (TPSA) is 139 Å². The molecule has 0 fully saturated rings. The van der Waals surface area contributed by atoms with Crippen LogP contribution in [0.25, 0.3) is 0 Å². The molecule has 11 heteroatoms. The van der Waals surface area contributed by atoms with Crippen molar-refractivity contribution in [1.29, 1.82) is 0 Å². The number of aromatic nitrogens is 4. The van der Waals surface area contributed by atoms with Gasteiger partial charge in [0.15, 0.2) is 0 Å². The fourth-order valence-electron chi connectivity index (χ4n) is 3.18. The van der Waals surface area contributed by atoms with Crippen molar-refractivity contribution < 1.29 is 18.3 Å². The Morgan fingerprint density at radius 2 is 1.84 bits per heavy atom. The maximum absolute atomic E-state index is 11.7. The zero-order valence-electron chi connectivity index (χ0n) is 18.9. The van der Waals surface area contributed by atoms with Crippen molar-refractivity contribution in [2.75, 3.05) is 30.0 Å². The molecule has 31 heavy (non-hydrogen) atoms. The molecule has 0 amide bonds. The van der Waals surface area contributed by atoms with Crippen molar-refractivity contribution in [1.82, 2.24) is 19.9 Å². The second-order valence-electron chi connectivity index (χ2n) is 8.13. The molecule has 0 aliphatic heterocycles. The van der Waals surface area contributed by atoms with Gasteiger partial charge in [-0.25, -0.2) is 13.4 Å². The first-order valence-corrected chi connectivity index (χ1v) is 12.0. The largest absolute Gasteiger partial charge is 0.481 e. The predicted molar refractivity (Wildman–Crippen MR) is 120 cm³/mol. The van der Waals surface area contributed by atoms with Crippen LogP contribution in [0.3, 0.4) is 0 Å². The Labute approximate surface area is 184 Å². The van der Waals surface area contributed by atoms with Crippen molar-refractivity contribution in [2.45, 2.75) is 52.5 Å². The van der Waals surface area contributed by atoms with Crippen LogP contribution in [-0.2, 0) is 16.4 Å². The molecule has 0 aliphatic carbocycles. The second kappa shape index (κ2) is 10.7. The van der Waals surface area contributed by atoms with Gasteiger partial charge in [0.1, 0.15) is 5.82 Å². The van der Waals surface area contributed by atoms with Crippen LogP contribution in [0.4, 0.5) is 11.9 Å². The summed E-state index contributed by atoms with van der Waals surface area (Å²) in [5.74, 6) is 1.51. The highest BCUT2D eigenvalue weighted by atomic mass is 32.2. The Bertz CT molecular complexity index is 984. The molecule has 0 unspecified atom stereocenters. The number of pyridine rings is 1. The summed E-state index contributed by atoms with van der Waals surface area (Å²) in [4.78, 5) is 17.2. The average molecular weight is 453 g/mol. The summed E-state index contributed by atoms with van der Waals surface area (Å²) in [6.45, 7) is 7.93. The lowest BCUT2D eigenvalue weighted by Gasteiger charge is -2.19. The standard InChI is InChI=1S/C20H32N6O4S/c1-12(2)7-16(11-27)22-19-23-17(24-20(25-19)26-31(6,28)29)9-13(3)15-8-14(4)18(30-5)21-10-15/h8,10,12-13,16,27H,7,9,11H2,1-6H3,(H2,22,23,24,25,26)/t13-,16-/m1/s1. The molecule has 2 heterocycles. The molecule has 0 saturated carbocycles. The number of methoxy groups -OCH3 is 1. The van der Waals surface area contributed by atoms with Gasteiger partial charge in [-0.2, -0.15) is 15.0 Å². The number of aliphatic hydroxyl groups excluding tert-OH is 1. The minimum absolute atomic E-state index is 0.0164. The number of hydrogen-bond donors (Lipinski definition) is 3. The van der Waals surface area contributed by atoms with Gasteiger partial charge in [-0.05, 0) is 36.8 Å². The molecule has 2 aromatic rings. The van der Waals surface area contributed by atoms with E-state index in [2.05, 4.69) is 30.0 Å². The van der Waals surface area contributed by atoms with Crippen LogP contribution in [0, 0.1) is 12.8 Å². The summed E-state index contributed by atoms with van der Waals surface area (Å²) < 4.78 is 30.9. The van der Waals surface area contributed by atoms with Crippen molar-refractivity contribution in [3.05, 3.63) is 29.2 Å². The van der Waals surface area contributed by atoms with Gasteiger partial charge >= 0.3 is 0 Å². The number of aliphatic hydroxyl groups is 1. The Morgan fingerprint density at radius 3 is 2.39 bits per heavy atom. The third-order valence-electron chi connectivity index (χ3n) is 4.57. The maximum Gasteiger partial charge on any atom is 0.241 e. The highest BCUT2D eigenvalue weighted by molar-refractivity contribution is 7.91. The summed E-state index contributed by atoms with van der Waals surface area (Å²) >= 11 is 0. The van der Waals surface area contributed by atoms with Gasteiger partial charge in [0.25, 0.3) is 0 Å². The van der Waals surface area contributed by atoms with Gasteiger partial charge in [-0.15, -0.1) is 0 Å². The van der Waals surface area contributed by atoms with Gasteiger partial charge in [0.05, 0.1) is 26.0 Å². The van der Waals surface area contributed by atoms with E-state index in [-0.39, 0.29) is 30.5 Å². The molecule has 0 aliphatic rings. The summed E-state index contributed by atoms with van der Waals surface area (Å²) in [5, 5.41) is 12.7. The fraction of sp³-hybridized carbons (Fsp3) is 0.600. The lowest BCUT2D eigenvalue weighted by atomic mass is 9.98. The first kappa shape index (κ1) is 24.7. The zero-order chi connectivity index (χ0) is 23.2. The lowest BCUT2D eigenvalue weighted by molar-refractivity contribution is 0.259. The van der Waals surface area contributed by atoms with E-state index >= 15 is 0 Å². The van der Waals surface area contributed by atoms with E-state index in [0.29, 0.717) is 30.5 Å². The third-order valence-corrected chi connectivity index (χ3v) is 5.12. The number of nitrogens with zero attached hydrogens (tertiary/aromatic N) is 4. The lowest BCUT2D eigenvalue weighted by Crippen LogP contribution is -2.27. The molecule has 172 valence electrons. The van der Waals surface area contributed by atoms with Crippen LogP contribution in [0.2, 0.25) is 0 Å². The van der Waals surface area contributed by atoms with E-state index in [1.165, 1.54) is 0 Å². The molecule has 2 atom stereocenters. The summed E-state index contributed by atoms with van der Waals surface area (Å²) in [6.07, 6.45) is 3.93. The van der Waals surface area contributed by atoms with Gasteiger partial charge in [-0.3, -0.25) is 4.72 Å². The number of hydrogen-bond acceptors (Lipinski definition) is 9. The minimum atomic E-state index is -3.56. The molecule has 10 nitrogen and oxygen atoms in total. The summed E-state index contributed by atoms with van der Waals surface area (Å²) in [7, 11) is -1.99. The van der Waals surface area contributed by atoms with Crippen molar-refractivity contribution >= 4 is 21.9 Å². The third kappa shape index (κ3) is 7.91. The number of anilines is 2. The molecule has 0 bridgehead atoms. The molecule has 2 rings (SSSR count). The minimum Gasteiger partial charge on any atom is -0.481 e. The molecular formula is C20H32N6O4S. The average Bonchev–Trinajstić information content (AvgIpc) is 2.65. The van der Waals surface area contributed by atoms with Crippen LogP contribution in [0.1, 0.15) is 50.1 Å². The van der Waals surface area contributed by atoms with E-state index in [1.54, 1.807) is 13.3 Å².